The van der Waals surface area contributed by atoms with Gasteiger partial charge in [-0.25, -0.2) is 15.0 Å². The van der Waals surface area contributed by atoms with Crippen LogP contribution in [0.3, 0.4) is 0 Å². The van der Waals surface area contributed by atoms with Gasteiger partial charge in [-0.2, -0.15) is 0 Å². The zero-order valence-electron chi connectivity index (χ0n) is 19.2. The van der Waals surface area contributed by atoms with Crippen LogP contribution in [0.4, 0.5) is 5.95 Å². The predicted octanol–water partition coefficient (Wildman–Crippen LogP) is 4.49. The summed E-state index contributed by atoms with van der Waals surface area (Å²) in [6.07, 6.45) is 4.07. The number of rotatable bonds is 6. The lowest BCUT2D eigenvalue weighted by Gasteiger charge is -2.10. The van der Waals surface area contributed by atoms with Crippen LogP contribution in [0.15, 0.2) is 48.8 Å². The highest BCUT2D eigenvalue weighted by Crippen LogP contribution is 2.33. The van der Waals surface area contributed by atoms with Gasteiger partial charge < -0.3 is 4.90 Å². The summed E-state index contributed by atoms with van der Waals surface area (Å²) >= 11 is 0. The molecular formula is C25H28N6O. The minimum atomic E-state index is -0.122. The van der Waals surface area contributed by atoms with Crippen molar-refractivity contribution in [2.75, 3.05) is 19.4 Å². The highest BCUT2D eigenvalue weighted by Gasteiger charge is 2.19. The van der Waals surface area contributed by atoms with Crippen LogP contribution < -0.4 is 5.32 Å². The van der Waals surface area contributed by atoms with Gasteiger partial charge in [0.2, 0.25) is 11.9 Å². The van der Waals surface area contributed by atoms with Crippen molar-refractivity contribution in [2.24, 2.45) is 0 Å². The summed E-state index contributed by atoms with van der Waals surface area (Å²) in [5, 5.41) is 2.75. The second-order valence-electron chi connectivity index (χ2n) is 8.28. The molecule has 0 aliphatic rings. The van der Waals surface area contributed by atoms with E-state index >= 15 is 0 Å². The summed E-state index contributed by atoms with van der Waals surface area (Å²) in [6.45, 7) is 6.84. The number of amides is 1. The molecule has 1 amide bonds. The van der Waals surface area contributed by atoms with Crippen molar-refractivity contribution >= 4 is 17.5 Å². The van der Waals surface area contributed by atoms with Gasteiger partial charge in [-0.3, -0.25) is 14.5 Å². The van der Waals surface area contributed by atoms with Crippen molar-refractivity contribution in [1.29, 1.82) is 0 Å². The molecule has 4 aromatic rings. The Balaban J connectivity index is 1.92. The first-order chi connectivity index (χ1) is 15.4. The average Bonchev–Trinajstić information content (AvgIpc) is 3.14. The third kappa shape index (κ3) is 4.38. The van der Waals surface area contributed by atoms with Crippen molar-refractivity contribution in [3.8, 4) is 22.6 Å². The summed E-state index contributed by atoms with van der Waals surface area (Å²) in [4.78, 5) is 27.8. The van der Waals surface area contributed by atoms with E-state index in [4.69, 9.17) is 4.98 Å². The molecule has 1 N–H and O–H groups in total. The van der Waals surface area contributed by atoms with Crippen LogP contribution in [-0.2, 0) is 11.3 Å². The van der Waals surface area contributed by atoms with Gasteiger partial charge in [-0.1, -0.05) is 19.1 Å². The summed E-state index contributed by atoms with van der Waals surface area (Å²) in [7, 11) is 4.10. The van der Waals surface area contributed by atoms with E-state index in [9.17, 15) is 4.79 Å². The van der Waals surface area contributed by atoms with Crippen LogP contribution >= 0.6 is 0 Å². The number of carbonyl (C=O) groups excluding carboxylic acids is 1. The Hall–Kier alpha value is -3.58. The first-order valence-corrected chi connectivity index (χ1v) is 10.7. The van der Waals surface area contributed by atoms with E-state index in [0.29, 0.717) is 18.1 Å². The molecule has 0 saturated carbocycles. The third-order valence-electron chi connectivity index (χ3n) is 5.44. The molecule has 0 bridgehead atoms. The van der Waals surface area contributed by atoms with Crippen LogP contribution in [0, 0.1) is 13.8 Å². The highest BCUT2D eigenvalue weighted by atomic mass is 16.1. The maximum absolute atomic E-state index is 11.9. The number of anilines is 1. The van der Waals surface area contributed by atoms with Gasteiger partial charge in [-0.05, 0) is 68.9 Å². The summed E-state index contributed by atoms with van der Waals surface area (Å²) in [6, 6.07) is 12.4. The molecule has 4 rings (SSSR count). The second kappa shape index (κ2) is 8.88. The van der Waals surface area contributed by atoms with Crippen LogP contribution in [0.2, 0.25) is 0 Å². The largest absolute Gasteiger partial charge is 0.305 e. The minimum absolute atomic E-state index is 0.122. The number of nitrogens with zero attached hydrogens (tertiary/aromatic N) is 5. The average molecular weight is 429 g/mol. The lowest BCUT2D eigenvalue weighted by atomic mass is 10.0. The molecule has 7 nitrogen and oxygen atoms in total. The highest BCUT2D eigenvalue weighted by molar-refractivity contribution is 5.89. The molecule has 0 aliphatic carbocycles. The lowest BCUT2D eigenvalue weighted by molar-refractivity contribution is -0.115. The molecule has 0 atom stereocenters. The van der Waals surface area contributed by atoms with Gasteiger partial charge in [0.05, 0.1) is 17.1 Å². The van der Waals surface area contributed by atoms with Crippen molar-refractivity contribution in [1.82, 2.24) is 24.3 Å². The first-order valence-electron chi connectivity index (χ1n) is 10.7. The van der Waals surface area contributed by atoms with Crippen molar-refractivity contribution in [3.05, 3.63) is 65.5 Å². The monoisotopic (exact) mass is 428 g/mol. The topological polar surface area (TPSA) is 75.4 Å². The van der Waals surface area contributed by atoms with E-state index in [0.717, 1.165) is 29.1 Å². The van der Waals surface area contributed by atoms with E-state index in [1.165, 1.54) is 16.7 Å². The molecular weight excluding hydrogens is 400 g/mol. The first kappa shape index (κ1) is 21.6. The number of aromatic nitrogens is 4. The van der Waals surface area contributed by atoms with Crippen LogP contribution in [0.25, 0.3) is 28.3 Å². The van der Waals surface area contributed by atoms with Crippen LogP contribution in [0.5, 0.6) is 0 Å². The fraction of sp³-hybridized carbons (Fsp3) is 0.280. The van der Waals surface area contributed by atoms with Gasteiger partial charge in [0.15, 0.2) is 0 Å². The Bertz CT molecular complexity index is 1290. The Labute approximate surface area is 188 Å². The molecule has 32 heavy (non-hydrogen) atoms. The molecule has 0 radical (unpaired) electrons. The van der Waals surface area contributed by atoms with E-state index in [2.05, 4.69) is 82.9 Å². The second-order valence-corrected chi connectivity index (χ2v) is 8.28. The zero-order valence-corrected chi connectivity index (χ0v) is 19.2. The zero-order chi connectivity index (χ0) is 22.8. The summed E-state index contributed by atoms with van der Waals surface area (Å²) in [5.74, 6) is 0.169. The fourth-order valence-electron chi connectivity index (χ4n) is 3.65. The van der Waals surface area contributed by atoms with Crippen LogP contribution in [0.1, 0.15) is 30.0 Å². The van der Waals surface area contributed by atoms with E-state index in [-0.39, 0.29) is 5.91 Å². The van der Waals surface area contributed by atoms with Crippen LogP contribution in [-0.4, -0.2) is 44.3 Å². The molecule has 0 spiro atoms. The standard InChI is InChI=1S/C25H28N6O/c1-6-22(32)29-25-26-11-9-20(27-25)24-23(19-8-7-16(2)17(3)13-19)28-21-14-18(15-30(4)5)10-12-31(21)24/h7-14H,6,15H2,1-5H3,(H,26,27,29,32). The predicted molar refractivity (Wildman–Crippen MR) is 127 cm³/mol. The Morgan fingerprint density at radius 3 is 2.59 bits per heavy atom. The number of pyridine rings is 1. The SMILES string of the molecule is CCC(=O)Nc1nccc(-c2c(-c3ccc(C)c(C)c3)nc3cc(CN(C)C)ccn23)n1. The lowest BCUT2D eigenvalue weighted by Crippen LogP contribution is -2.12. The van der Waals surface area contributed by atoms with Crippen molar-refractivity contribution < 1.29 is 4.79 Å². The molecule has 0 unspecified atom stereocenters. The Morgan fingerprint density at radius 2 is 1.88 bits per heavy atom. The van der Waals surface area contributed by atoms with Gasteiger partial charge in [-0.15, -0.1) is 0 Å². The number of hydrogen-bond donors (Lipinski definition) is 1. The van der Waals surface area contributed by atoms with E-state index in [1.807, 2.05) is 12.3 Å². The molecule has 164 valence electrons. The Morgan fingerprint density at radius 1 is 1.06 bits per heavy atom. The smallest absolute Gasteiger partial charge is 0.229 e. The third-order valence-corrected chi connectivity index (χ3v) is 5.44. The maximum Gasteiger partial charge on any atom is 0.229 e. The van der Waals surface area contributed by atoms with Crippen molar-refractivity contribution in [2.45, 2.75) is 33.7 Å². The maximum atomic E-state index is 11.9. The number of benzene rings is 1. The number of carbonyl (C=O) groups is 1. The molecule has 7 heteroatoms. The normalized spacial score (nSPS) is 11.3. The van der Waals surface area contributed by atoms with Gasteiger partial charge in [0.25, 0.3) is 0 Å². The van der Waals surface area contributed by atoms with Crippen molar-refractivity contribution in [3.63, 3.8) is 0 Å². The number of hydrogen-bond acceptors (Lipinski definition) is 5. The molecule has 3 aromatic heterocycles. The number of nitrogens with one attached hydrogen (secondary N) is 1. The van der Waals surface area contributed by atoms with Gasteiger partial charge >= 0.3 is 0 Å². The van der Waals surface area contributed by atoms with Gasteiger partial charge in [0, 0.05) is 30.9 Å². The summed E-state index contributed by atoms with van der Waals surface area (Å²) in [5.41, 5.74) is 7.92. The molecule has 0 aliphatic heterocycles. The summed E-state index contributed by atoms with van der Waals surface area (Å²) < 4.78 is 2.05. The molecule has 0 fully saturated rings. The molecule has 3 heterocycles. The molecule has 0 saturated heterocycles. The van der Waals surface area contributed by atoms with E-state index in [1.54, 1.807) is 13.1 Å². The van der Waals surface area contributed by atoms with Gasteiger partial charge in [0.1, 0.15) is 5.65 Å². The number of imidazole rings is 1. The number of fused-ring (bicyclic) bond motifs is 1. The quantitative estimate of drug-likeness (QED) is 0.490. The molecule has 1 aromatic carbocycles. The van der Waals surface area contributed by atoms with E-state index < -0.39 is 0 Å². The Kier molecular flexibility index (Phi) is 6.01. The number of aryl methyl sites for hydroxylation is 2. The minimum Gasteiger partial charge on any atom is -0.305 e. The fourth-order valence-corrected chi connectivity index (χ4v) is 3.65.